The van der Waals surface area contributed by atoms with Crippen LogP contribution in [0.4, 0.5) is 22.5 Å². The van der Waals surface area contributed by atoms with Gasteiger partial charge in [0.2, 0.25) is 5.95 Å². The number of benzene rings is 1. The molecule has 2 N–H and O–H groups in total. The Bertz CT molecular complexity index is 1050. The first-order chi connectivity index (χ1) is 15.1. The van der Waals surface area contributed by atoms with E-state index >= 15 is 0 Å². The minimum Gasteiger partial charge on any atom is -0.369 e. The monoisotopic (exact) mass is 437 g/mol. The van der Waals surface area contributed by atoms with Gasteiger partial charge in [-0.3, -0.25) is 4.90 Å². The first kappa shape index (κ1) is 21.2. The van der Waals surface area contributed by atoms with Gasteiger partial charge >= 0.3 is 0 Å². The van der Waals surface area contributed by atoms with E-state index in [4.69, 9.17) is 4.98 Å². The molecule has 0 amide bonds. The van der Waals surface area contributed by atoms with Gasteiger partial charge in [-0.2, -0.15) is 0 Å². The molecule has 3 aromatic rings. The average Bonchev–Trinajstić information content (AvgIpc) is 3.20. The average molecular weight is 438 g/mol. The summed E-state index contributed by atoms with van der Waals surface area (Å²) in [6.07, 6.45) is 2.78. The lowest BCUT2D eigenvalue weighted by Gasteiger charge is -2.37. The molecule has 1 saturated heterocycles. The van der Waals surface area contributed by atoms with Crippen molar-refractivity contribution in [3.63, 3.8) is 0 Å². The number of anilines is 4. The molecule has 0 saturated carbocycles. The summed E-state index contributed by atoms with van der Waals surface area (Å²) >= 11 is 1.58. The van der Waals surface area contributed by atoms with Gasteiger partial charge in [-0.25, -0.2) is 15.0 Å². The highest BCUT2D eigenvalue weighted by atomic mass is 32.1. The number of nitrogens with one attached hydrogen (secondary N) is 2. The van der Waals surface area contributed by atoms with Gasteiger partial charge in [-0.15, -0.1) is 0 Å². The topological polar surface area (TPSA) is 86.3 Å². The summed E-state index contributed by atoms with van der Waals surface area (Å²) in [7, 11) is 1.87. The van der Waals surface area contributed by atoms with Gasteiger partial charge in [0.15, 0.2) is 5.13 Å². The van der Waals surface area contributed by atoms with Crippen LogP contribution in [0.15, 0.2) is 36.5 Å². The molecule has 3 heterocycles. The number of aryl methyl sites for hydroxylation is 1. The summed E-state index contributed by atoms with van der Waals surface area (Å²) in [6.45, 7) is 7.49. The van der Waals surface area contributed by atoms with Gasteiger partial charge in [-0.1, -0.05) is 17.4 Å². The van der Waals surface area contributed by atoms with E-state index in [9.17, 15) is 4.79 Å². The fourth-order valence-corrected chi connectivity index (χ4v) is 4.56. The molecular weight excluding hydrogens is 410 g/mol. The quantitative estimate of drug-likeness (QED) is 0.544. The molecule has 0 bridgehead atoms. The molecule has 162 valence electrons. The number of nitrogens with zero attached hydrogens (tertiary/aromatic N) is 5. The van der Waals surface area contributed by atoms with E-state index in [-0.39, 0.29) is 6.04 Å². The van der Waals surface area contributed by atoms with E-state index in [1.807, 2.05) is 39.1 Å². The van der Waals surface area contributed by atoms with E-state index in [1.54, 1.807) is 17.5 Å². The number of thiazole rings is 1. The lowest BCUT2D eigenvalue weighted by Crippen LogP contribution is -2.50. The highest BCUT2D eigenvalue weighted by Gasteiger charge is 2.21. The summed E-state index contributed by atoms with van der Waals surface area (Å²) in [5.41, 5.74) is 3.89. The van der Waals surface area contributed by atoms with Gasteiger partial charge in [0.25, 0.3) is 0 Å². The Morgan fingerprint density at radius 2 is 1.97 bits per heavy atom. The molecule has 4 rings (SSSR count). The van der Waals surface area contributed by atoms with Gasteiger partial charge in [0, 0.05) is 50.8 Å². The summed E-state index contributed by atoms with van der Waals surface area (Å²) in [4.78, 5) is 30.2. The minimum absolute atomic E-state index is 0.0223. The molecule has 2 aromatic heterocycles. The van der Waals surface area contributed by atoms with Crippen molar-refractivity contribution in [3.8, 4) is 10.6 Å². The van der Waals surface area contributed by atoms with Crippen LogP contribution < -0.4 is 15.5 Å². The van der Waals surface area contributed by atoms with Crippen LogP contribution in [0.1, 0.15) is 12.6 Å². The molecule has 0 spiro atoms. The second kappa shape index (κ2) is 9.40. The summed E-state index contributed by atoms with van der Waals surface area (Å²) in [6, 6.07) is 10.2. The number of aldehydes is 1. The molecule has 1 fully saturated rings. The van der Waals surface area contributed by atoms with Crippen molar-refractivity contribution in [2.45, 2.75) is 19.9 Å². The Balaban J connectivity index is 1.47. The maximum Gasteiger partial charge on any atom is 0.227 e. The normalized spacial score (nSPS) is 15.5. The van der Waals surface area contributed by atoms with Crippen molar-refractivity contribution in [3.05, 3.63) is 42.2 Å². The maximum atomic E-state index is 11.0. The second-order valence-electron chi connectivity index (χ2n) is 7.52. The highest BCUT2D eigenvalue weighted by Crippen LogP contribution is 2.32. The van der Waals surface area contributed by atoms with Crippen LogP contribution in [0, 0.1) is 6.92 Å². The standard InChI is InChI=1S/C22H27N7OS/c1-15(14-30)28-9-11-29(12-10-28)18-6-4-5-17(13-18)26-21-24-8-7-19(27-21)20-16(2)25-22(23-3)31-20/h4-8,13-15H,9-12H2,1-3H3,(H,23,25)(H,24,26,27). The van der Waals surface area contributed by atoms with Crippen molar-refractivity contribution in [2.75, 3.05) is 48.8 Å². The van der Waals surface area contributed by atoms with Gasteiger partial charge in [0.05, 0.1) is 22.3 Å². The van der Waals surface area contributed by atoms with Crippen LogP contribution in [-0.4, -0.2) is 65.4 Å². The fourth-order valence-electron chi connectivity index (χ4n) is 3.67. The summed E-state index contributed by atoms with van der Waals surface area (Å²) in [5, 5.41) is 7.29. The first-order valence-electron chi connectivity index (χ1n) is 10.4. The zero-order valence-corrected chi connectivity index (χ0v) is 18.8. The Kier molecular flexibility index (Phi) is 6.43. The van der Waals surface area contributed by atoms with Gasteiger partial charge < -0.3 is 20.3 Å². The van der Waals surface area contributed by atoms with E-state index in [0.29, 0.717) is 5.95 Å². The van der Waals surface area contributed by atoms with Crippen LogP contribution in [-0.2, 0) is 4.79 Å². The van der Waals surface area contributed by atoms with E-state index in [2.05, 4.69) is 42.5 Å². The minimum atomic E-state index is -0.0223. The predicted octanol–water partition coefficient (Wildman–Crippen LogP) is 3.40. The molecule has 0 aliphatic carbocycles. The fraction of sp³-hybridized carbons (Fsp3) is 0.364. The van der Waals surface area contributed by atoms with Crippen molar-refractivity contribution in [2.24, 2.45) is 0 Å². The van der Waals surface area contributed by atoms with Crippen molar-refractivity contribution in [1.82, 2.24) is 19.9 Å². The zero-order valence-electron chi connectivity index (χ0n) is 18.0. The first-order valence-corrected chi connectivity index (χ1v) is 11.2. The number of carbonyl (C=O) groups excluding carboxylic acids is 1. The Morgan fingerprint density at radius 1 is 1.16 bits per heavy atom. The van der Waals surface area contributed by atoms with E-state index in [0.717, 1.165) is 65.2 Å². The van der Waals surface area contributed by atoms with Crippen molar-refractivity contribution < 1.29 is 4.79 Å². The molecular formula is C22H27N7OS. The number of aromatic nitrogens is 3. The number of hydrogen-bond acceptors (Lipinski definition) is 9. The molecule has 31 heavy (non-hydrogen) atoms. The SMILES string of the molecule is CNc1nc(C)c(-c2ccnc(Nc3cccc(N4CCN(C(C)C=O)CC4)c3)n2)s1. The predicted molar refractivity (Wildman–Crippen MR) is 126 cm³/mol. The maximum absolute atomic E-state index is 11.0. The lowest BCUT2D eigenvalue weighted by molar-refractivity contribution is -0.112. The largest absolute Gasteiger partial charge is 0.369 e. The zero-order chi connectivity index (χ0) is 21.8. The van der Waals surface area contributed by atoms with Crippen LogP contribution in [0.2, 0.25) is 0 Å². The third-order valence-corrected chi connectivity index (χ3v) is 6.65. The Hall–Kier alpha value is -3.04. The Morgan fingerprint density at radius 3 is 2.68 bits per heavy atom. The molecule has 9 heteroatoms. The highest BCUT2D eigenvalue weighted by molar-refractivity contribution is 7.19. The number of carbonyl (C=O) groups is 1. The molecule has 0 radical (unpaired) electrons. The van der Waals surface area contributed by atoms with Gasteiger partial charge in [0.1, 0.15) is 6.29 Å². The van der Waals surface area contributed by atoms with Crippen LogP contribution >= 0.6 is 11.3 Å². The number of piperazine rings is 1. The van der Waals surface area contributed by atoms with Crippen molar-refractivity contribution in [1.29, 1.82) is 0 Å². The lowest BCUT2D eigenvalue weighted by atomic mass is 10.2. The summed E-state index contributed by atoms with van der Waals surface area (Å²) < 4.78 is 0. The molecule has 1 aliphatic heterocycles. The van der Waals surface area contributed by atoms with Crippen LogP contribution in [0.25, 0.3) is 10.6 Å². The van der Waals surface area contributed by atoms with E-state index in [1.165, 1.54) is 0 Å². The third-order valence-electron chi connectivity index (χ3n) is 5.45. The molecule has 1 unspecified atom stereocenters. The molecule has 1 aliphatic rings. The second-order valence-corrected chi connectivity index (χ2v) is 8.52. The Labute approximate surface area is 186 Å². The smallest absolute Gasteiger partial charge is 0.227 e. The van der Waals surface area contributed by atoms with Crippen LogP contribution in [0.3, 0.4) is 0 Å². The number of rotatable bonds is 7. The van der Waals surface area contributed by atoms with Crippen LogP contribution in [0.5, 0.6) is 0 Å². The van der Waals surface area contributed by atoms with Crippen molar-refractivity contribution >= 4 is 40.1 Å². The van der Waals surface area contributed by atoms with Gasteiger partial charge in [-0.05, 0) is 38.1 Å². The number of hydrogen-bond donors (Lipinski definition) is 2. The molecule has 8 nitrogen and oxygen atoms in total. The summed E-state index contributed by atoms with van der Waals surface area (Å²) in [5.74, 6) is 0.554. The molecule has 1 aromatic carbocycles. The molecule has 1 atom stereocenters. The third kappa shape index (κ3) is 4.83. The van der Waals surface area contributed by atoms with E-state index < -0.39 is 0 Å².